The maximum atomic E-state index is 7.91. The predicted octanol–water partition coefficient (Wildman–Crippen LogP) is 2.40. The zero-order chi connectivity index (χ0) is 7.11. The van der Waals surface area contributed by atoms with Crippen molar-refractivity contribution in [3.05, 3.63) is 10.4 Å². The Morgan fingerprint density at radius 2 is 2.30 bits per heavy atom. The van der Waals surface area contributed by atoms with Crippen LogP contribution in [0, 0.1) is 0 Å². The second-order valence-electron chi connectivity index (χ2n) is 1.78. The average molecular weight is 172 g/mol. The summed E-state index contributed by atoms with van der Waals surface area (Å²) in [5, 5.41) is 3.31. The van der Waals surface area contributed by atoms with Gasteiger partial charge in [0.2, 0.25) is 0 Å². The van der Waals surface area contributed by atoms with Gasteiger partial charge in [-0.2, -0.15) is 0 Å². The molecular formula is C5H11ClN3Na. The number of rotatable bonds is 4. The van der Waals surface area contributed by atoms with E-state index in [1.165, 1.54) is 0 Å². The summed E-state index contributed by atoms with van der Waals surface area (Å²) in [5.41, 5.74) is 7.56. The van der Waals surface area contributed by atoms with Gasteiger partial charge in [0.15, 0.2) is 0 Å². The van der Waals surface area contributed by atoms with E-state index < -0.39 is 0 Å². The molecular weight excluding hydrogens is 161 g/mol. The van der Waals surface area contributed by atoms with E-state index in [2.05, 4.69) is 16.9 Å². The summed E-state index contributed by atoms with van der Waals surface area (Å²) in [6.07, 6.45) is 2.89. The van der Waals surface area contributed by atoms with Gasteiger partial charge in [-0.05, 0) is 12.0 Å². The first-order chi connectivity index (χ1) is 4.31. The molecule has 0 heterocycles. The normalized spacial score (nSPS) is 11.0. The van der Waals surface area contributed by atoms with Crippen molar-refractivity contribution in [1.29, 1.82) is 0 Å². The van der Waals surface area contributed by atoms with Gasteiger partial charge in [0, 0.05) is 4.91 Å². The van der Waals surface area contributed by atoms with E-state index in [1.54, 1.807) is 0 Å². The van der Waals surface area contributed by atoms with E-state index in [-0.39, 0.29) is 35.1 Å². The van der Waals surface area contributed by atoms with Crippen LogP contribution in [0.25, 0.3) is 10.4 Å². The molecule has 3 nitrogen and oxygen atoms in total. The molecule has 0 aliphatic carbocycles. The molecule has 0 aromatic rings. The van der Waals surface area contributed by atoms with Crippen molar-refractivity contribution in [2.75, 3.05) is 0 Å². The van der Waals surface area contributed by atoms with E-state index in [1.807, 2.05) is 0 Å². The van der Waals surface area contributed by atoms with E-state index in [0.29, 0.717) is 0 Å². The first-order valence-corrected chi connectivity index (χ1v) is 3.43. The number of nitrogens with zero attached hydrogens (tertiary/aromatic N) is 3. The summed E-state index contributed by atoms with van der Waals surface area (Å²) in [5.74, 6) is 0. The molecule has 0 saturated carbocycles. The Morgan fingerprint density at radius 3 is 2.70 bits per heavy atom. The van der Waals surface area contributed by atoms with Gasteiger partial charge in [0.25, 0.3) is 0 Å². The van der Waals surface area contributed by atoms with Crippen LogP contribution in [0.15, 0.2) is 5.11 Å². The fourth-order valence-corrected chi connectivity index (χ4v) is 0.680. The first kappa shape index (κ1) is 13.2. The fraction of sp³-hybridized carbons (Fsp3) is 1.00. The van der Waals surface area contributed by atoms with Crippen molar-refractivity contribution in [2.45, 2.75) is 31.7 Å². The summed E-state index contributed by atoms with van der Waals surface area (Å²) in [4.78, 5) is 2.58. The number of hydrogen-bond acceptors (Lipinski definition) is 1. The van der Waals surface area contributed by atoms with Gasteiger partial charge in [-0.3, -0.25) is 0 Å². The molecule has 0 aromatic carbocycles. The number of unbranched alkanes of at least 4 members (excludes halogenated alkanes) is 1. The molecule has 0 N–H and O–H groups in total. The van der Waals surface area contributed by atoms with Gasteiger partial charge in [-0.25, -0.2) is 0 Å². The maximum absolute atomic E-state index is 7.91. The van der Waals surface area contributed by atoms with Gasteiger partial charge in [-0.1, -0.05) is 24.9 Å². The van der Waals surface area contributed by atoms with Crippen molar-refractivity contribution in [1.82, 2.24) is 0 Å². The van der Waals surface area contributed by atoms with Gasteiger partial charge < -0.3 is 0 Å². The van der Waals surface area contributed by atoms with Crippen LogP contribution < -0.4 is 0 Å². The molecule has 0 fully saturated rings. The Morgan fingerprint density at radius 1 is 1.70 bits per heavy atom. The monoisotopic (exact) mass is 171 g/mol. The zero-order valence-corrected chi connectivity index (χ0v) is 6.17. The van der Waals surface area contributed by atoms with Crippen LogP contribution in [-0.2, 0) is 0 Å². The molecule has 5 heteroatoms. The third kappa shape index (κ3) is 8.60. The Bertz CT molecular complexity index is 113. The molecule has 0 rings (SSSR count). The molecule has 1 atom stereocenters. The van der Waals surface area contributed by atoms with Gasteiger partial charge in [-0.15, -0.1) is 11.6 Å². The molecule has 0 amide bonds. The summed E-state index contributed by atoms with van der Waals surface area (Å²) in [7, 11) is 0. The summed E-state index contributed by atoms with van der Waals surface area (Å²) in [6, 6.07) is 0. The Balaban J connectivity index is 0. The molecule has 0 spiro atoms. The quantitative estimate of drug-likeness (QED) is 0.156. The summed E-state index contributed by atoms with van der Waals surface area (Å²) >= 11 is 5.54. The van der Waals surface area contributed by atoms with E-state index in [0.717, 1.165) is 19.3 Å². The second kappa shape index (κ2) is 9.60. The Kier molecular flexibility index (Phi) is 12.7. The topological polar surface area (TPSA) is 48.8 Å². The minimum atomic E-state index is -0.352. The molecule has 54 valence electrons. The number of azide groups is 1. The molecule has 0 radical (unpaired) electrons. The van der Waals surface area contributed by atoms with Crippen LogP contribution in [-0.4, -0.2) is 35.1 Å². The van der Waals surface area contributed by atoms with Crippen LogP contribution in [0.3, 0.4) is 0 Å². The van der Waals surface area contributed by atoms with Crippen molar-refractivity contribution >= 4 is 41.2 Å². The number of alkyl halides is 1. The van der Waals surface area contributed by atoms with Crippen LogP contribution in [0.4, 0.5) is 0 Å². The fourth-order valence-electron chi connectivity index (χ4n) is 0.486. The molecule has 0 aliphatic heterocycles. The van der Waals surface area contributed by atoms with E-state index in [4.69, 9.17) is 17.1 Å². The zero-order valence-electron chi connectivity index (χ0n) is 5.42. The molecule has 1 unspecified atom stereocenters. The Hall–Kier alpha value is 0.600. The number of halogens is 1. The average Bonchev–Trinajstić information content (AvgIpc) is 1.85. The minimum absolute atomic E-state index is 0. The first-order valence-electron chi connectivity index (χ1n) is 2.99. The van der Waals surface area contributed by atoms with Crippen molar-refractivity contribution in [3.63, 3.8) is 0 Å². The predicted molar refractivity (Wildman–Crippen MR) is 45.5 cm³/mol. The van der Waals surface area contributed by atoms with Crippen molar-refractivity contribution in [3.8, 4) is 0 Å². The Labute approximate surface area is 88.0 Å². The summed E-state index contributed by atoms with van der Waals surface area (Å²) < 4.78 is 0. The standard InChI is InChI=1S/C5H10ClN3.Na.H/c1-2-3-4-5(6)8-9-7;;/h5H,2-4H2,1H3;;. The molecule has 0 aromatic heterocycles. The van der Waals surface area contributed by atoms with Crippen LogP contribution in [0.2, 0.25) is 0 Å². The van der Waals surface area contributed by atoms with E-state index in [9.17, 15) is 0 Å². The third-order valence-corrected chi connectivity index (χ3v) is 1.28. The van der Waals surface area contributed by atoms with Crippen LogP contribution in [0.1, 0.15) is 26.2 Å². The third-order valence-electron chi connectivity index (χ3n) is 0.973. The van der Waals surface area contributed by atoms with Gasteiger partial charge in [0.05, 0.1) is 0 Å². The van der Waals surface area contributed by atoms with Crippen LogP contribution >= 0.6 is 11.6 Å². The van der Waals surface area contributed by atoms with E-state index >= 15 is 0 Å². The molecule has 10 heavy (non-hydrogen) atoms. The van der Waals surface area contributed by atoms with Crippen molar-refractivity contribution in [2.24, 2.45) is 5.11 Å². The van der Waals surface area contributed by atoms with Gasteiger partial charge in [0.1, 0.15) is 5.50 Å². The SMILES string of the molecule is CCCCC(Cl)N=[N+]=[N-].[NaH]. The molecule has 0 bridgehead atoms. The number of hydrogen-bond donors (Lipinski definition) is 0. The van der Waals surface area contributed by atoms with Crippen molar-refractivity contribution < 1.29 is 0 Å². The van der Waals surface area contributed by atoms with Crippen LogP contribution in [0.5, 0.6) is 0 Å². The second-order valence-corrected chi connectivity index (χ2v) is 2.29. The molecule has 0 saturated heterocycles. The molecule has 0 aliphatic rings. The summed E-state index contributed by atoms with van der Waals surface area (Å²) in [6.45, 7) is 2.07. The van der Waals surface area contributed by atoms with Gasteiger partial charge >= 0.3 is 29.6 Å².